The van der Waals surface area contributed by atoms with Gasteiger partial charge in [-0.15, -0.1) is 0 Å². The van der Waals surface area contributed by atoms with E-state index in [1.54, 1.807) is 18.2 Å². The molecule has 0 atom stereocenters. The summed E-state index contributed by atoms with van der Waals surface area (Å²) >= 11 is 4.35. The van der Waals surface area contributed by atoms with Gasteiger partial charge in [-0.3, -0.25) is 14.5 Å². The van der Waals surface area contributed by atoms with Crippen LogP contribution in [-0.2, 0) is 4.79 Å². The van der Waals surface area contributed by atoms with Gasteiger partial charge >= 0.3 is 0 Å². The van der Waals surface area contributed by atoms with Crippen LogP contribution in [0.2, 0.25) is 0 Å². The summed E-state index contributed by atoms with van der Waals surface area (Å²) in [6.45, 7) is 2.27. The predicted octanol–water partition coefficient (Wildman–Crippen LogP) is 4.59. The third-order valence-electron chi connectivity index (χ3n) is 4.18. The van der Waals surface area contributed by atoms with Crippen LogP contribution in [0.5, 0.6) is 11.5 Å². The molecule has 0 unspecified atom stereocenters. The molecule has 0 aromatic heterocycles. The van der Waals surface area contributed by atoms with E-state index in [1.165, 1.54) is 4.90 Å². The van der Waals surface area contributed by atoms with Gasteiger partial charge in [0.05, 0.1) is 11.6 Å². The molecule has 2 heterocycles. The van der Waals surface area contributed by atoms with E-state index in [9.17, 15) is 9.59 Å². The van der Waals surface area contributed by atoms with Crippen molar-refractivity contribution in [2.24, 2.45) is 0 Å². The summed E-state index contributed by atoms with van der Waals surface area (Å²) in [7, 11) is 0. The number of rotatable bonds is 4. The van der Waals surface area contributed by atoms with Crippen LogP contribution in [-0.4, -0.2) is 29.5 Å². The fraction of sp³-hybridized carbons (Fsp3) is 0.158. The number of anilines is 1. The number of hydrogen-bond donors (Lipinski definition) is 1. The molecule has 2 amide bonds. The Kier molecular flexibility index (Phi) is 4.84. The SMILES string of the molecule is Cc1cc(Br)ccc1NCN1C(=O)S/C(=C\c2ccc3c(c2)OCO3)C1=O. The zero-order valence-electron chi connectivity index (χ0n) is 14.3. The molecular weight excluding hydrogens is 432 g/mol. The van der Waals surface area contributed by atoms with E-state index >= 15 is 0 Å². The molecule has 2 aromatic carbocycles. The van der Waals surface area contributed by atoms with Crippen molar-refractivity contribution in [2.75, 3.05) is 18.8 Å². The topological polar surface area (TPSA) is 67.9 Å². The summed E-state index contributed by atoms with van der Waals surface area (Å²) in [6, 6.07) is 11.2. The first kappa shape index (κ1) is 17.9. The monoisotopic (exact) mass is 446 g/mol. The number of thioether (sulfide) groups is 1. The Morgan fingerprint density at radius 1 is 1.19 bits per heavy atom. The first-order valence-electron chi connectivity index (χ1n) is 8.16. The molecule has 138 valence electrons. The number of halogens is 1. The molecule has 6 nitrogen and oxygen atoms in total. The molecule has 0 radical (unpaired) electrons. The van der Waals surface area contributed by atoms with Gasteiger partial charge in [-0.25, -0.2) is 0 Å². The quantitative estimate of drug-likeness (QED) is 0.692. The lowest BCUT2D eigenvalue weighted by atomic mass is 10.2. The van der Waals surface area contributed by atoms with E-state index in [4.69, 9.17) is 9.47 Å². The molecule has 2 aliphatic rings. The molecule has 1 saturated heterocycles. The van der Waals surface area contributed by atoms with Crippen LogP contribution in [0.3, 0.4) is 0 Å². The van der Waals surface area contributed by atoms with Gasteiger partial charge in [0.1, 0.15) is 0 Å². The van der Waals surface area contributed by atoms with Gasteiger partial charge in [0.15, 0.2) is 11.5 Å². The highest BCUT2D eigenvalue weighted by Crippen LogP contribution is 2.36. The van der Waals surface area contributed by atoms with Gasteiger partial charge in [-0.2, -0.15) is 0 Å². The standard InChI is InChI=1S/C19H15BrN2O4S/c1-11-6-13(20)3-4-14(11)21-9-22-18(23)17(27-19(22)24)8-12-2-5-15-16(7-12)26-10-25-15/h2-8,21H,9-10H2,1H3/b17-8-. The number of amides is 2. The highest BCUT2D eigenvalue weighted by Gasteiger charge is 2.35. The Bertz CT molecular complexity index is 976. The minimum atomic E-state index is -0.315. The second kappa shape index (κ2) is 7.28. The molecular formula is C19H15BrN2O4S. The van der Waals surface area contributed by atoms with Crippen LogP contribution in [0, 0.1) is 6.92 Å². The maximum absolute atomic E-state index is 12.6. The molecule has 2 aliphatic heterocycles. The Labute approximate surface area is 168 Å². The molecule has 0 saturated carbocycles. The number of imide groups is 1. The lowest BCUT2D eigenvalue weighted by Gasteiger charge is -2.16. The van der Waals surface area contributed by atoms with Gasteiger partial charge in [0.2, 0.25) is 6.79 Å². The maximum atomic E-state index is 12.6. The fourth-order valence-corrected chi connectivity index (χ4v) is 4.09. The van der Waals surface area contributed by atoms with E-state index in [2.05, 4.69) is 21.2 Å². The summed E-state index contributed by atoms with van der Waals surface area (Å²) in [5, 5.41) is 2.85. The maximum Gasteiger partial charge on any atom is 0.295 e. The largest absolute Gasteiger partial charge is 0.454 e. The highest BCUT2D eigenvalue weighted by atomic mass is 79.9. The van der Waals surface area contributed by atoms with Crippen molar-refractivity contribution in [3.63, 3.8) is 0 Å². The molecule has 2 aromatic rings. The lowest BCUT2D eigenvalue weighted by Crippen LogP contribution is -2.33. The molecule has 0 aliphatic carbocycles. The third kappa shape index (κ3) is 3.68. The minimum absolute atomic E-state index is 0.117. The second-order valence-electron chi connectivity index (χ2n) is 6.02. The van der Waals surface area contributed by atoms with Crippen LogP contribution in [0.15, 0.2) is 45.8 Å². The number of carbonyl (C=O) groups excluding carboxylic acids is 2. The summed E-state index contributed by atoms with van der Waals surface area (Å²) < 4.78 is 11.6. The minimum Gasteiger partial charge on any atom is -0.454 e. The number of aryl methyl sites for hydroxylation is 1. The highest BCUT2D eigenvalue weighted by molar-refractivity contribution is 9.10. The molecule has 0 bridgehead atoms. The average molecular weight is 447 g/mol. The predicted molar refractivity (Wildman–Crippen MR) is 108 cm³/mol. The lowest BCUT2D eigenvalue weighted by molar-refractivity contribution is -0.122. The number of nitrogens with zero attached hydrogens (tertiary/aromatic N) is 1. The number of benzene rings is 2. The van der Waals surface area contributed by atoms with Gasteiger partial charge in [-0.1, -0.05) is 22.0 Å². The van der Waals surface area contributed by atoms with Crippen LogP contribution in [0.4, 0.5) is 10.5 Å². The first-order chi connectivity index (χ1) is 13.0. The van der Waals surface area contributed by atoms with E-state index in [1.807, 2.05) is 31.2 Å². The molecule has 1 fully saturated rings. The van der Waals surface area contributed by atoms with Crippen molar-refractivity contribution in [1.82, 2.24) is 4.90 Å². The number of carbonyl (C=O) groups is 2. The van der Waals surface area contributed by atoms with Gasteiger partial charge < -0.3 is 14.8 Å². The zero-order valence-corrected chi connectivity index (χ0v) is 16.7. The Hall–Kier alpha value is -2.45. The van der Waals surface area contributed by atoms with Gasteiger partial charge in [-0.05, 0) is 66.2 Å². The summed E-state index contributed by atoms with van der Waals surface area (Å²) in [6.07, 6.45) is 1.69. The van der Waals surface area contributed by atoms with Gasteiger partial charge in [0.25, 0.3) is 11.1 Å². The Morgan fingerprint density at radius 2 is 2.00 bits per heavy atom. The van der Waals surface area contributed by atoms with Crippen molar-refractivity contribution in [3.8, 4) is 11.5 Å². The van der Waals surface area contributed by atoms with Crippen molar-refractivity contribution >= 4 is 50.6 Å². The smallest absolute Gasteiger partial charge is 0.295 e. The van der Waals surface area contributed by atoms with E-state index in [-0.39, 0.29) is 24.6 Å². The number of fused-ring (bicyclic) bond motifs is 1. The average Bonchev–Trinajstić information content (AvgIpc) is 3.19. The summed E-state index contributed by atoms with van der Waals surface area (Å²) in [5.74, 6) is 0.995. The van der Waals surface area contributed by atoms with E-state index in [0.29, 0.717) is 16.4 Å². The van der Waals surface area contributed by atoms with Crippen molar-refractivity contribution in [2.45, 2.75) is 6.92 Å². The van der Waals surface area contributed by atoms with Gasteiger partial charge in [0, 0.05) is 10.2 Å². The fourth-order valence-electron chi connectivity index (χ4n) is 2.78. The first-order valence-corrected chi connectivity index (χ1v) is 9.77. The second-order valence-corrected chi connectivity index (χ2v) is 7.93. The molecule has 8 heteroatoms. The Balaban J connectivity index is 1.48. The number of hydrogen-bond acceptors (Lipinski definition) is 6. The van der Waals surface area contributed by atoms with Crippen LogP contribution in [0.25, 0.3) is 6.08 Å². The Morgan fingerprint density at radius 3 is 2.81 bits per heavy atom. The zero-order chi connectivity index (χ0) is 19.0. The normalized spacial score (nSPS) is 17.1. The third-order valence-corrected chi connectivity index (χ3v) is 5.58. The number of ether oxygens (including phenoxy) is 2. The summed E-state index contributed by atoms with van der Waals surface area (Å²) in [4.78, 5) is 26.5. The van der Waals surface area contributed by atoms with Crippen molar-refractivity contribution < 1.29 is 19.1 Å². The molecule has 27 heavy (non-hydrogen) atoms. The van der Waals surface area contributed by atoms with Crippen molar-refractivity contribution in [3.05, 3.63) is 56.9 Å². The van der Waals surface area contributed by atoms with E-state index in [0.717, 1.165) is 33.0 Å². The van der Waals surface area contributed by atoms with Crippen LogP contribution < -0.4 is 14.8 Å². The summed E-state index contributed by atoms with van der Waals surface area (Å²) in [5.41, 5.74) is 2.67. The number of nitrogens with one attached hydrogen (secondary N) is 1. The molecule has 1 N–H and O–H groups in total. The van der Waals surface area contributed by atoms with Crippen LogP contribution in [0.1, 0.15) is 11.1 Å². The van der Waals surface area contributed by atoms with E-state index < -0.39 is 0 Å². The van der Waals surface area contributed by atoms with Crippen LogP contribution >= 0.6 is 27.7 Å². The molecule has 0 spiro atoms. The molecule has 4 rings (SSSR count). The van der Waals surface area contributed by atoms with Crippen molar-refractivity contribution in [1.29, 1.82) is 0 Å².